The average molecular weight is 240 g/mol. The third-order valence-corrected chi connectivity index (χ3v) is 4.38. The first-order valence-electron chi connectivity index (χ1n) is 7.30. The van der Waals surface area contributed by atoms with Gasteiger partial charge in [0, 0.05) is 18.6 Å². The van der Waals surface area contributed by atoms with Crippen molar-refractivity contribution in [2.24, 2.45) is 0 Å². The van der Waals surface area contributed by atoms with Gasteiger partial charge in [-0.25, -0.2) is 0 Å². The van der Waals surface area contributed by atoms with Gasteiger partial charge in [0.1, 0.15) is 0 Å². The Labute approximate surface area is 106 Å². The molecule has 0 saturated carbocycles. The first-order chi connectivity index (χ1) is 8.11. The highest BCUT2D eigenvalue weighted by molar-refractivity contribution is 4.90. The predicted octanol–water partition coefficient (Wildman–Crippen LogP) is 1.75. The van der Waals surface area contributed by atoms with E-state index in [-0.39, 0.29) is 0 Å². The minimum Gasteiger partial charge on any atom is -0.389 e. The van der Waals surface area contributed by atoms with Crippen molar-refractivity contribution in [1.29, 1.82) is 0 Å². The van der Waals surface area contributed by atoms with E-state index in [1.54, 1.807) is 0 Å². The maximum Gasteiger partial charge on any atom is 0.0743 e. The summed E-state index contributed by atoms with van der Waals surface area (Å²) in [5.41, 5.74) is -0.526. The average Bonchev–Trinajstić information content (AvgIpc) is 2.73. The molecule has 17 heavy (non-hydrogen) atoms. The third-order valence-electron chi connectivity index (χ3n) is 4.38. The first-order valence-corrected chi connectivity index (χ1v) is 7.30. The zero-order chi connectivity index (χ0) is 12.3. The number of fused-ring (bicyclic) bond motifs is 1. The van der Waals surface area contributed by atoms with E-state index in [1.165, 1.54) is 38.8 Å². The lowest BCUT2D eigenvalue weighted by molar-refractivity contribution is 0.0424. The molecule has 2 heterocycles. The van der Waals surface area contributed by atoms with Gasteiger partial charge in [0.2, 0.25) is 0 Å². The summed E-state index contributed by atoms with van der Waals surface area (Å²) >= 11 is 0. The highest BCUT2D eigenvalue weighted by atomic mass is 16.3. The Hall–Kier alpha value is -0.120. The fourth-order valence-electron chi connectivity index (χ4n) is 3.40. The number of piperidine rings is 1. The molecule has 3 nitrogen and oxygen atoms in total. The maximum atomic E-state index is 10.2. The van der Waals surface area contributed by atoms with Crippen LogP contribution in [0.15, 0.2) is 0 Å². The molecule has 2 aliphatic heterocycles. The van der Waals surface area contributed by atoms with Crippen LogP contribution in [0.25, 0.3) is 0 Å². The van der Waals surface area contributed by atoms with Crippen molar-refractivity contribution in [1.82, 2.24) is 10.2 Å². The molecule has 2 fully saturated rings. The summed E-state index contributed by atoms with van der Waals surface area (Å²) in [5.74, 6) is 0. The van der Waals surface area contributed by atoms with E-state index < -0.39 is 5.60 Å². The molecule has 0 spiro atoms. The van der Waals surface area contributed by atoms with Crippen molar-refractivity contribution in [3.8, 4) is 0 Å². The first kappa shape index (κ1) is 13.3. The van der Waals surface area contributed by atoms with Gasteiger partial charge in [-0.05, 0) is 52.1 Å². The van der Waals surface area contributed by atoms with Crippen LogP contribution in [0.2, 0.25) is 0 Å². The Morgan fingerprint density at radius 1 is 1.35 bits per heavy atom. The minimum atomic E-state index is -0.526. The minimum absolute atomic E-state index is 0.526. The van der Waals surface area contributed by atoms with Gasteiger partial charge in [0.15, 0.2) is 0 Å². The van der Waals surface area contributed by atoms with E-state index in [9.17, 15) is 5.11 Å². The molecule has 0 aromatic rings. The van der Waals surface area contributed by atoms with Crippen molar-refractivity contribution in [2.75, 3.05) is 19.6 Å². The molecule has 3 atom stereocenters. The van der Waals surface area contributed by atoms with Crippen LogP contribution in [0.3, 0.4) is 0 Å². The number of rotatable bonds is 5. The summed E-state index contributed by atoms with van der Waals surface area (Å²) in [5, 5.41) is 13.7. The van der Waals surface area contributed by atoms with Crippen molar-refractivity contribution < 1.29 is 5.11 Å². The highest BCUT2D eigenvalue weighted by Gasteiger charge is 2.32. The summed E-state index contributed by atoms with van der Waals surface area (Å²) in [4.78, 5) is 2.64. The van der Waals surface area contributed by atoms with Gasteiger partial charge in [-0.3, -0.25) is 0 Å². The summed E-state index contributed by atoms with van der Waals surface area (Å²) in [6.45, 7) is 7.39. The summed E-state index contributed by atoms with van der Waals surface area (Å²) in [6.07, 6.45) is 7.23. The van der Waals surface area contributed by atoms with Crippen LogP contribution in [0, 0.1) is 0 Å². The van der Waals surface area contributed by atoms with Crippen molar-refractivity contribution in [3.05, 3.63) is 0 Å². The summed E-state index contributed by atoms with van der Waals surface area (Å²) < 4.78 is 0. The molecule has 0 aromatic carbocycles. The predicted molar refractivity (Wildman–Crippen MR) is 71.2 cm³/mol. The van der Waals surface area contributed by atoms with E-state index in [0.717, 1.165) is 25.4 Å². The smallest absolute Gasteiger partial charge is 0.0743 e. The maximum absolute atomic E-state index is 10.2. The third kappa shape index (κ3) is 3.67. The highest BCUT2D eigenvalue weighted by Crippen LogP contribution is 2.27. The fourth-order valence-corrected chi connectivity index (χ4v) is 3.40. The largest absolute Gasteiger partial charge is 0.389 e. The van der Waals surface area contributed by atoms with E-state index in [1.807, 2.05) is 6.92 Å². The zero-order valence-electron chi connectivity index (χ0n) is 11.4. The monoisotopic (exact) mass is 240 g/mol. The van der Waals surface area contributed by atoms with E-state index >= 15 is 0 Å². The lowest BCUT2D eigenvalue weighted by Crippen LogP contribution is -2.49. The molecule has 0 aromatic heterocycles. The van der Waals surface area contributed by atoms with Crippen LogP contribution in [0.4, 0.5) is 0 Å². The molecule has 2 N–H and O–H groups in total. The number of aliphatic hydroxyl groups is 1. The van der Waals surface area contributed by atoms with Gasteiger partial charge in [-0.15, -0.1) is 0 Å². The van der Waals surface area contributed by atoms with Crippen molar-refractivity contribution in [3.63, 3.8) is 0 Å². The second-order valence-corrected chi connectivity index (χ2v) is 6.18. The Bertz CT molecular complexity index is 242. The lowest BCUT2D eigenvalue weighted by Gasteiger charge is -2.36. The number of nitrogens with zero attached hydrogens (tertiary/aromatic N) is 1. The van der Waals surface area contributed by atoms with Crippen LogP contribution in [-0.4, -0.2) is 47.3 Å². The summed E-state index contributed by atoms with van der Waals surface area (Å²) in [7, 11) is 0. The van der Waals surface area contributed by atoms with E-state index in [2.05, 4.69) is 17.1 Å². The van der Waals surface area contributed by atoms with E-state index in [0.29, 0.717) is 6.04 Å². The van der Waals surface area contributed by atoms with Crippen molar-refractivity contribution in [2.45, 2.75) is 70.1 Å². The Morgan fingerprint density at radius 3 is 2.94 bits per heavy atom. The summed E-state index contributed by atoms with van der Waals surface area (Å²) in [6, 6.07) is 1.44. The SMILES string of the molecule is CCCC(C)(O)CNC1CCN2CCCC2C1. The normalized spacial score (nSPS) is 33.4. The zero-order valence-corrected chi connectivity index (χ0v) is 11.4. The Kier molecular flexibility index (Phi) is 4.45. The molecule has 0 amide bonds. The van der Waals surface area contributed by atoms with Crippen molar-refractivity contribution >= 4 is 0 Å². The van der Waals surface area contributed by atoms with Gasteiger partial charge in [-0.1, -0.05) is 13.3 Å². The molecule has 0 radical (unpaired) electrons. The fraction of sp³-hybridized carbons (Fsp3) is 1.00. The van der Waals surface area contributed by atoms with Crippen LogP contribution in [-0.2, 0) is 0 Å². The number of hydrogen-bond donors (Lipinski definition) is 2. The van der Waals surface area contributed by atoms with E-state index in [4.69, 9.17) is 0 Å². The van der Waals surface area contributed by atoms with Gasteiger partial charge in [-0.2, -0.15) is 0 Å². The second kappa shape index (κ2) is 5.68. The lowest BCUT2D eigenvalue weighted by atomic mass is 9.95. The Morgan fingerprint density at radius 2 is 2.18 bits per heavy atom. The molecular formula is C14H28N2O. The Balaban J connectivity index is 1.73. The van der Waals surface area contributed by atoms with Gasteiger partial charge in [0.25, 0.3) is 0 Å². The molecule has 3 heteroatoms. The second-order valence-electron chi connectivity index (χ2n) is 6.18. The van der Waals surface area contributed by atoms with Gasteiger partial charge in [0.05, 0.1) is 5.60 Å². The molecule has 3 unspecified atom stereocenters. The van der Waals surface area contributed by atoms with Crippen LogP contribution in [0.1, 0.15) is 52.4 Å². The van der Waals surface area contributed by atoms with Gasteiger partial charge >= 0.3 is 0 Å². The molecule has 2 saturated heterocycles. The van der Waals surface area contributed by atoms with Crippen LogP contribution >= 0.6 is 0 Å². The molecule has 0 aliphatic carbocycles. The standard InChI is InChI=1S/C14H28N2O/c1-3-7-14(2,17)11-15-12-6-9-16-8-4-5-13(16)10-12/h12-13,15,17H,3-11H2,1-2H3. The number of hydrogen-bond acceptors (Lipinski definition) is 3. The molecule has 100 valence electrons. The molecule has 2 aliphatic rings. The van der Waals surface area contributed by atoms with Gasteiger partial charge < -0.3 is 15.3 Å². The topological polar surface area (TPSA) is 35.5 Å². The quantitative estimate of drug-likeness (QED) is 0.768. The molecule has 0 bridgehead atoms. The van der Waals surface area contributed by atoms with Crippen LogP contribution < -0.4 is 5.32 Å². The molecular weight excluding hydrogens is 212 g/mol. The van der Waals surface area contributed by atoms with Crippen LogP contribution in [0.5, 0.6) is 0 Å². The number of nitrogens with one attached hydrogen (secondary N) is 1. The molecule has 2 rings (SSSR count).